The maximum Gasteiger partial charge on any atom is 0.251 e. The van der Waals surface area contributed by atoms with E-state index in [1.165, 1.54) is 16.9 Å². The molecule has 2 aromatic heterocycles. The van der Waals surface area contributed by atoms with Crippen molar-refractivity contribution in [2.45, 2.75) is 19.4 Å². The van der Waals surface area contributed by atoms with E-state index in [0.717, 1.165) is 22.8 Å². The van der Waals surface area contributed by atoms with Crippen molar-refractivity contribution in [2.24, 2.45) is 0 Å². The summed E-state index contributed by atoms with van der Waals surface area (Å²) in [6, 6.07) is 8.20. The first-order chi connectivity index (χ1) is 11.1. The summed E-state index contributed by atoms with van der Waals surface area (Å²) < 4.78 is 1.89. The topological polar surface area (TPSA) is 37.6 Å². The van der Waals surface area contributed by atoms with E-state index in [4.69, 9.17) is 11.6 Å². The fraction of sp³-hybridized carbons (Fsp3) is 0.176. The molecule has 0 aliphatic carbocycles. The molecule has 1 unspecified atom stereocenters. The lowest BCUT2D eigenvalue weighted by molar-refractivity contribution is -0.114. The zero-order valence-electron chi connectivity index (χ0n) is 12.4. The number of nitrogens with zero attached hydrogens (tertiary/aromatic N) is 3. The molecule has 1 aliphatic heterocycles. The number of thiazole rings is 1. The van der Waals surface area contributed by atoms with Gasteiger partial charge in [0.25, 0.3) is 5.91 Å². The molecule has 4 rings (SSSR count). The SMILES string of the molecule is CC1Cc2ccccc2N1C(=O)/C=C/c1c(Cl)nc2sccn12. The molecule has 1 atom stereocenters. The van der Waals surface area contributed by atoms with Gasteiger partial charge >= 0.3 is 0 Å². The molecule has 23 heavy (non-hydrogen) atoms. The van der Waals surface area contributed by atoms with Gasteiger partial charge in [0.05, 0.1) is 5.69 Å². The highest BCUT2D eigenvalue weighted by Crippen LogP contribution is 2.32. The first-order valence-electron chi connectivity index (χ1n) is 7.35. The van der Waals surface area contributed by atoms with Crippen LogP contribution in [0, 0.1) is 0 Å². The van der Waals surface area contributed by atoms with E-state index in [-0.39, 0.29) is 11.9 Å². The molecule has 1 aliphatic rings. The number of carbonyl (C=O) groups excluding carboxylic acids is 1. The molecule has 0 spiro atoms. The van der Waals surface area contributed by atoms with Crippen LogP contribution in [-0.2, 0) is 11.2 Å². The molecule has 3 heterocycles. The average Bonchev–Trinajstić information content (AvgIpc) is 3.17. The van der Waals surface area contributed by atoms with Crippen molar-refractivity contribution in [3.8, 4) is 0 Å². The number of imidazole rings is 1. The van der Waals surface area contributed by atoms with Gasteiger partial charge in [-0.25, -0.2) is 4.98 Å². The molecule has 0 N–H and O–H groups in total. The number of rotatable bonds is 2. The minimum absolute atomic E-state index is 0.0382. The molecule has 6 heteroatoms. The Kier molecular flexibility index (Phi) is 3.47. The third kappa shape index (κ3) is 2.36. The molecule has 4 nitrogen and oxygen atoms in total. The lowest BCUT2D eigenvalue weighted by Crippen LogP contribution is -2.34. The summed E-state index contributed by atoms with van der Waals surface area (Å²) in [6.07, 6.45) is 6.10. The smallest absolute Gasteiger partial charge is 0.251 e. The lowest BCUT2D eigenvalue weighted by atomic mass is 10.1. The number of fused-ring (bicyclic) bond motifs is 2. The second kappa shape index (κ2) is 5.51. The van der Waals surface area contributed by atoms with Crippen LogP contribution in [-0.4, -0.2) is 21.3 Å². The van der Waals surface area contributed by atoms with Gasteiger partial charge in [-0.1, -0.05) is 29.8 Å². The van der Waals surface area contributed by atoms with Crippen molar-refractivity contribution in [3.63, 3.8) is 0 Å². The summed E-state index contributed by atoms with van der Waals surface area (Å²) in [4.78, 5) is 19.6. The van der Waals surface area contributed by atoms with E-state index < -0.39 is 0 Å². The Balaban J connectivity index is 1.65. The Morgan fingerprint density at radius 2 is 2.26 bits per heavy atom. The van der Waals surface area contributed by atoms with Crippen molar-refractivity contribution in [2.75, 3.05) is 4.90 Å². The third-order valence-electron chi connectivity index (χ3n) is 4.08. The molecule has 0 fully saturated rings. The zero-order valence-corrected chi connectivity index (χ0v) is 14.0. The van der Waals surface area contributed by atoms with E-state index in [1.54, 1.807) is 12.2 Å². The van der Waals surface area contributed by atoms with Gasteiger partial charge in [-0.2, -0.15) is 0 Å². The van der Waals surface area contributed by atoms with Crippen LogP contribution in [0.2, 0.25) is 5.15 Å². The van der Waals surface area contributed by atoms with Crippen LogP contribution in [0.1, 0.15) is 18.2 Å². The van der Waals surface area contributed by atoms with Gasteiger partial charge in [0, 0.05) is 29.4 Å². The number of aromatic nitrogens is 2. The Morgan fingerprint density at radius 1 is 1.43 bits per heavy atom. The predicted molar refractivity (Wildman–Crippen MR) is 94.2 cm³/mol. The van der Waals surface area contributed by atoms with Gasteiger partial charge in [-0.3, -0.25) is 9.20 Å². The van der Waals surface area contributed by atoms with E-state index >= 15 is 0 Å². The molecule has 0 bridgehead atoms. The average molecular weight is 344 g/mol. The Bertz CT molecular complexity index is 927. The summed E-state index contributed by atoms with van der Waals surface area (Å²) in [5.41, 5.74) is 2.94. The summed E-state index contributed by atoms with van der Waals surface area (Å²) in [6.45, 7) is 2.06. The molecule has 0 saturated carbocycles. The van der Waals surface area contributed by atoms with Crippen molar-refractivity contribution >= 4 is 45.6 Å². The van der Waals surface area contributed by atoms with Gasteiger partial charge in [0.15, 0.2) is 10.1 Å². The van der Waals surface area contributed by atoms with Crippen molar-refractivity contribution in [1.82, 2.24) is 9.38 Å². The van der Waals surface area contributed by atoms with Crippen molar-refractivity contribution in [1.29, 1.82) is 0 Å². The van der Waals surface area contributed by atoms with E-state index in [2.05, 4.69) is 18.0 Å². The first kappa shape index (κ1) is 14.5. The molecule has 0 saturated heterocycles. The maximum atomic E-state index is 12.7. The van der Waals surface area contributed by atoms with E-state index in [9.17, 15) is 4.79 Å². The molecule has 0 radical (unpaired) electrons. The first-order valence-corrected chi connectivity index (χ1v) is 8.61. The highest BCUT2D eigenvalue weighted by molar-refractivity contribution is 7.15. The van der Waals surface area contributed by atoms with Gasteiger partial charge in [0.1, 0.15) is 0 Å². The summed E-state index contributed by atoms with van der Waals surface area (Å²) in [5, 5.41) is 2.35. The Labute approximate surface area is 142 Å². The monoisotopic (exact) mass is 343 g/mol. The number of para-hydroxylation sites is 1. The second-order valence-electron chi connectivity index (χ2n) is 5.57. The molecule has 3 aromatic rings. The molecule has 116 valence electrons. The number of anilines is 1. The van der Waals surface area contributed by atoms with E-state index in [1.807, 2.05) is 39.1 Å². The number of carbonyl (C=O) groups is 1. The van der Waals surface area contributed by atoms with Crippen LogP contribution >= 0.6 is 22.9 Å². The number of halogens is 1. The number of benzene rings is 1. The van der Waals surface area contributed by atoms with Crippen LogP contribution in [0.3, 0.4) is 0 Å². The van der Waals surface area contributed by atoms with Crippen LogP contribution in [0.25, 0.3) is 11.0 Å². The van der Waals surface area contributed by atoms with Gasteiger partial charge in [-0.05, 0) is 31.1 Å². The van der Waals surface area contributed by atoms with Crippen LogP contribution in [0.5, 0.6) is 0 Å². The maximum absolute atomic E-state index is 12.7. The molecular weight excluding hydrogens is 330 g/mol. The minimum Gasteiger partial charge on any atom is -0.305 e. The number of hydrogen-bond acceptors (Lipinski definition) is 3. The normalized spacial score (nSPS) is 17.3. The van der Waals surface area contributed by atoms with E-state index in [0.29, 0.717) is 5.15 Å². The number of hydrogen-bond donors (Lipinski definition) is 0. The standard InChI is InChI=1S/C17H14ClN3OS/c1-11-10-12-4-2-3-5-13(12)21(11)15(22)7-6-14-16(18)19-17-20(14)8-9-23-17/h2-9,11H,10H2,1H3/b7-6+. The largest absolute Gasteiger partial charge is 0.305 e. The van der Waals surface area contributed by atoms with Crippen molar-refractivity contribution in [3.05, 3.63) is 58.3 Å². The fourth-order valence-electron chi connectivity index (χ4n) is 3.06. The van der Waals surface area contributed by atoms with Gasteiger partial charge < -0.3 is 4.90 Å². The van der Waals surface area contributed by atoms with Gasteiger partial charge in [0.2, 0.25) is 0 Å². The second-order valence-corrected chi connectivity index (χ2v) is 6.80. The molecular formula is C17H14ClN3OS. The minimum atomic E-state index is -0.0382. The summed E-state index contributed by atoms with van der Waals surface area (Å²) >= 11 is 7.67. The quantitative estimate of drug-likeness (QED) is 0.658. The van der Waals surface area contributed by atoms with Crippen LogP contribution in [0.15, 0.2) is 41.9 Å². The molecule has 1 aromatic carbocycles. The summed E-state index contributed by atoms with van der Waals surface area (Å²) in [5.74, 6) is -0.0382. The Hall–Kier alpha value is -2.11. The predicted octanol–water partition coefficient (Wildman–Crippen LogP) is 4.04. The summed E-state index contributed by atoms with van der Waals surface area (Å²) in [7, 11) is 0. The number of amides is 1. The highest BCUT2D eigenvalue weighted by atomic mass is 35.5. The lowest BCUT2D eigenvalue weighted by Gasteiger charge is -2.20. The fourth-order valence-corrected chi connectivity index (χ4v) is 4.06. The molecule has 1 amide bonds. The van der Waals surface area contributed by atoms with Gasteiger partial charge in [-0.15, -0.1) is 11.3 Å². The van der Waals surface area contributed by atoms with Crippen LogP contribution in [0.4, 0.5) is 5.69 Å². The third-order valence-corrected chi connectivity index (χ3v) is 5.12. The Morgan fingerprint density at radius 3 is 3.13 bits per heavy atom. The zero-order chi connectivity index (χ0) is 16.0. The van der Waals surface area contributed by atoms with Crippen LogP contribution < -0.4 is 4.90 Å². The highest BCUT2D eigenvalue weighted by Gasteiger charge is 2.29. The van der Waals surface area contributed by atoms with Crippen molar-refractivity contribution < 1.29 is 4.79 Å².